The predicted molar refractivity (Wildman–Crippen MR) is 29.1 cm³/mol. The van der Waals surface area contributed by atoms with Gasteiger partial charge in [0.25, 0.3) is 0 Å². The molecule has 0 aromatic heterocycles. The summed E-state index contributed by atoms with van der Waals surface area (Å²) in [5.41, 5.74) is 0. The number of nitrogens with zero attached hydrogens (tertiary/aromatic N) is 2. The number of nitro groups is 1. The summed E-state index contributed by atoms with van der Waals surface area (Å²) in [5, 5.41) is 9.36. The van der Waals surface area contributed by atoms with Gasteiger partial charge in [-0.3, -0.25) is 0 Å². The summed E-state index contributed by atoms with van der Waals surface area (Å²) in [6.07, 6.45) is 4.00. The Morgan fingerprint density at radius 2 is 2.75 bits per heavy atom. The summed E-state index contributed by atoms with van der Waals surface area (Å²) in [5.74, 6) is 0.584. The molecule has 0 saturated carbocycles. The largest absolute Gasteiger partial charge is 0.234 e. The molecule has 0 amide bonds. The minimum Gasteiger partial charge on any atom is -0.234 e. The molecule has 8 heavy (non-hydrogen) atoms. The van der Waals surface area contributed by atoms with Crippen molar-refractivity contribution in [2.75, 3.05) is 5.75 Å². The summed E-state index contributed by atoms with van der Waals surface area (Å²) in [6, 6.07) is 0. The molecule has 0 spiro atoms. The van der Waals surface area contributed by atoms with Crippen molar-refractivity contribution in [3.63, 3.8) is 0 Å². The van der Waals surface area contributed by atoms with Crippen LogP contribution >= 0.6 is 11.9 Å². The molecule has 1 aliphatic rings. The van der Waals surface area contributed by atoms with E-state index in [0.717, 1.165) is 16.4 Å². The Labute approximate surface area is 50.4 Å². The normalized spacial score (nSPS) is 17.2. The molecule has 0 aromatic carbocycles. The molecule has 0 aromatic rings. The highest BCUT2D eigenvalue weighted by molar-refractivity contribution is 7.97. The van der Waals surface area contributed by atoms with Gasteiger partial charge in [0.2, 0.25) is 0 Å². The third-order valence-corrected chi connectivity index (χ3v) is 1.44. The van der Waals surface area contributed by atoms with Crippen LogP contribution in [0.5, 0.6) is 0 Å². The molecule has 5 heteroatoms. The second kappa shape index (κ2) is 2.04. The molecule has 0 unspecified atom stereocenters. The molecule has 0 atom stereocenters. The summed E-state index contributed by atoms with van der Waals surface area (Å²) >= 11 is 1.12. The van der Waals surface area contributed by atoms with E-state index in [4.69, 9.17) is 0 Å². The van der Waals surface area contributed by atoms with E-state index >= 15 is 0 Å². The fourth-order valence-corrected chi connectivity index (χ4v) is 0.875. The van der Waals surface area contributed by atoms with Crippen LogP contribution in [0.25, 0.3) is 0 Å². The van der Waals surface area contributed by atoms with Crippen molar-refractivity contribution in [1.82, 2.24) is 4.41 Å². The summed E-state index contributed by atoms with van der Waals surface area (Å²) in [7, 11) is 0. The van der Waals surface area contributed by atoms with E-state index in [1.807, 2.05) is 0 Å². The van der Waals surface area contributed by atoms with Gasteiger partial charge < -0.3 is 0 Å². The molecule has 0 bridgehead atoms. The highest BCUT2D eigenvalue weighted by atomic mass is 32.2. The van der Waals surface area contributed by atoms with Crippen LogP contribution in [0.4, 0.5) is 0 Å². The van der Waals surface area contributed by atoms with E-state index in [2.05, 4.69) is 6.08 Å². The van der Waals surface area contributed by atoms with Crippen molar-refractivity contribution in [2.24, 2.45) is 0 Å². The van der Waals surface area contributed by atoms with E-state index in [1.165, 1.54) is 6.20 Å². The van der Waals surface area contributed by atoms with Crippen molar-refractivity contribution in [3.05, 3.63) is 22.4 Å². The zero-order valence-corrected chi connectivity index (χ0v) is 4.72. The second-order valence-corrected chi connectivity index (χ2v) is 2.07. The highest BCUT2D eigenvalue weighted by Crippen LogP contribution is 2.15. The topological polar surface area (TPSA) is 46.4 Å². The van der Waals surface area contributed by atoms with Gasteiger partial charge in [-0.1, -0.05) is 0 Å². The van der Waals surface area contributed by atoms with Crippen molar-refractivity contribution in [2.45, 2.75) is 0 Å². The monoisotopic (exact) mass is 131 g/mol. The zero-order valence-electron chi connectivity index (χ0n) is 3.90. The van der Waals surface area contributed by atoms with Crippen LogP contribution in [0, 0.1) is 16.2 Å². The van der Waals surface area contributed by atoms with Gasteiger partial charge in [-0.15, -0.1) is 0 Å². The Balaban J connectivity index is 2.48. The van der Waals surface area contributed by atoms with Crippen LogP contribution in [0.1, 0.15) is 0 Å². The maximum absolute atomic E-state index is 9.84. The molecule has 4 nitrogen and oxygen atoms in total. The lowest BCUT2D eigenvalue weighted by atomic mass is 10.7. The third kappa shape index (κ3) is 0.919. The Bertz CT molecular complexity index is 135. The lowest BCUT2D eigenvalue weighted by Crippen LogP contribution is -2.12. The van der Waals surface area contributed by atoms with Gasteiger partial charge in [0.05, 0.1) is 6.20 Å². The summed E-state index contributed by atoms with van der Waals surface area (Å²) < 4.78 is 0.931. The van der Waals surface area contributed by atoms with Gasteiger partial charge in [-0.25, -0.2) is 10.1 Å². The van der Waals surface area contributed by atoms with Gasteiger partial charge in [0.15, 0.2) is 5.03 Å². The molecule has 1 radical (unpaired) electrons. The zero-order chi connectivity index (χ0) is 5.98. The fourth-order valence-electron chi connectivity index (χ4n) is 0.350. The quantitative estimate of drug-likeness (QED) is 0.294. The first kappa shape index (κ1) is 5.43. The first-order valence-electron chi connectivity index (χ1n) is 1.94. The van der Waals surface area contributed by atoms with E-state index in [-0.39, 0.29) is 0 Å². The second-order valence-electron chi connectivity index (χ2n) is 1.15. The summed E-state index contributed by atoms with van der Waals surface area (Å²) in [4.78, 5) is 9.84. The van der Waals surface area contributed by atoms with Gasteiger partial charge in [0.1, 0.15) is 0 Å². The van der Waals surface area contributed by atoms with Gasteiger partial charge >= 0.3 is 0 Å². The Morgan fingerprint density at radius 3 is 3.00 bits per heavy atom. The van der Waals surface area contributed by atoms with Crippen LogP contribution in [0.3, 0.4) is 0 Å². The molecule has 1 aliphatic heterocycles. The third-order valence-electron chi connectivity index (χ3n) is 0.643. The maximum atomic E-state index is 9.84. The van der Waals surface area contributed by atoms with Gasteiger partial charge in [-0.05, 0) is 10.5 Å². The SMILES string of the molecule is O=[N+]([O-])N1C=[C]CS1. The van der Waals surface area contributed by atoms with Crippen LogP contribution in [-0.4, -0.2) is 15.2 Å². The van der Waals surface area contributed by atoms with Crippen molar-refractivity contribution < 1.29 is 5.03 Å². The maximum Gasteiger partial charge on any atom is 0.175 e. The average molecular weight is 131 g/mol. The lowest BCUT2D eigenvalue weighted by molar-refractivity contribution is -0.601. The lowest BCUT2D eigenvalue weighted by Gasteiger charge is -1.97. The molecule has 0 N–H and O–H groups in total. The Kier molecular flexibility index (Phi) is 1.38. The molecule has 0 aliphatic carbocycles. The molecule has 1 rings (SSSR count). The predicted octanol–water partition coefficient (Wildman–Crippen LogP) is 0.459. The number of hydrogen-bond donors (Lipinski definition) is 0. The first-order chi connectivity index (χ1) is 3.80. The highest BCUT2D eigenvalue weighted by Gasteiger charge is 2.14. The van der Waals surface area contributed by atoms with Crippen LogP contribution in [-0.2, 0) is 0 Å². The molecule has 0 saturated heterocycles. The van der Waals surface area contributed by atoms with E-state index in [9.17, 15) is 10.1 Å². The van der Waals surface area contributed by atoms with Crippen LogP contribution < -0.4 is 0 Å². The summed E-state index contributed by atoms with van der Waals surface area (Å²) in [6.45, 7) is 0. The molecule has 0 fully saturated rings. The standard InChI is InChI=1S/C3H3N2O2S/c6-5(7)4-2-1-3-8-4/h2H,3H2. The fraction of sp³-hybridized carbons (Fsp3) is 0.333. The van der Waals surface area contributed by atoms with Crippen LogP contribution in [0.2, 0.25) is 0 Å². The average Bonchev–Trinajstić information content (AvgIpc) is 2.12. The van der Waals surface area contributed by atoms with Crippen LogP contribution in [0.15, 0.2) is 6.20 Å². The van der Waals surface area contributed by atoms with Crippen molar-refractivity contribution in [1.29, 1.82) is 0 Å². The smallest absolute Gasteiger partial charge is 0.175 e. The van der Waals surface area contributed by atoms with Crippen molar-refractivity contribution >= 4 is 11.9 Å². The van der Waals surface area contributed by atoms with E-state index in [1.54, 1.807) is 0 Å². The molecule has 43 valence electrons. The molecule has 1 heterocycles. The minimum atomic E-state index is -0.481. The van der Waals surface area contributed by atoms with Crippen molar-refractivity contribution in [3.8, 4) is 0 Å². The molecular formula is C3H3N2O2S. The number of hydrazine groups is 1. The minimum absolute atomic E-state index is 0.481. The van der Waals surface area contributed by atoms with Gasteiger partial charge in [-0.2, -0.15) is 0 Å². The van der Waals surface area contributed by atoms with E-state index in [0.29, 0.717) is 5.75 Å². The molecular weight excluding hydrogens is 128 g/mol. The number of hydrogen-bond acceptors (Lipinski definition) is 3. The Morgan fingerprint density at radius 1 is 2.00 bits per heavy atom. The van der Waals surface area contributed by atoms with Gasteiger partial charge in [0, 0.05) is 17.7 Å². The van der Waals surface area contributed by atoms with E-state index < -0.39 is 5.03 Å². The first-order valence-corrected chi connectivity index (χ1v) is 2.88. The Hall–Kier alpha value is -0.710. The number of rotatable bonds is 1.